The molecule has 0 aliphatic carbocycles. The Bertz CT molecular complexity index is 387. The van der Waals surface area contributed by atoms with Gasteiger partial charge in [0.15, 0.2) is 0 Å². The van der Waals surface area contributed by atoms with Gasteiger partial charge in [-0.15, -0.1) is 0 Å². The maximum atomic E-state index is 4.72. The zero-order valence-electron chi connectivity index (χ0n) is 11.6. The highest BCUT2D eigenvalue weighted by atomic mass is 32.2. The summed E-state index contributed by atoms with van der Waals surface area (Å²) in [6, 6.07) is 2.09. The van der Waals surface area contributed by atoms with E-state index in [4.69, 9.17) is 4.98 Å². The highest BCUT2D eigenvalue weighted by molar-refractivity contribution is 7.99. The van der Waals surface area contributed by atoms with Gasteiger partial charge in [-0.1, -0.05) is 13.8 Å². The Morgan fingerprint density at radius 2 is 2.28 bits per heavy atom. The quantitative estimate of drug-likeness (QED) is 0.888. The third kappa shape index (κ3) is 3.95. The third-order valence-corrected chi connectivity index (χ3v) is 4.37. The maximum Gasteiger partial charge on any atom is 0.141 e. The second-order valence-corrected chi connectivity index (χ2v) is 6.70. The molecule has 1 N–H and O–H groups in total. The van der Waals surface area contributed by atoms with Crippen molar-refractivity contribution < 1.29 is 0 Å². The van der Waals surface area contributed by atoms with Crippen molar-refractivity contribution in [3.8, 4) is 0 Å². The number of nitrogens with zero attached hydrogens (tertiary/aromatic N) is 2. The Morgan fingerprint density at radius 1 is 1.44 bits per heavy atom. The molecule has 0 spiro atoms. The number of thioether (sulfide) groups is 1. The molecule has 0 bridgehead atoms. The average molecular weight is 265 g/mol. The Morgan fingerprint density at radius 3 is 2.94 bits per heavy atom. The van der Waals surface area contributed by atoms with E-state index in [0.29, 0.717) is 11.2 Å². The van der Waals surface area contributed by atoms with Gasteiger partial charge in [0.05, 0.1) is 10.9 Å². The molecule has 1 aliphatic rings. The highest BCUT2D eigenvalue weighted by Crippen LogP contribution is 2.38. The number of hydrogen-bond acceptors (Lipinski definition) is 4. The summed E-state index contributed by atoms with van der Waals surface area (Å²) < 4.78 is 0. The standard InChI is InChI=1S/C14H23N3S/c1-10(2)8-15-9-12-7-11(3)16-14(17-12)13-5-4-6-18-13/h7,10,13,15H,4-6,8-9H2,1-3H3. The SMILES string of the molecule is Cc1cc(CNCC(C)C)nc(C2CCCS2)n1. The van der Waals surface area contributed by atoms with E-state index in [0.717, 1.165) is 30.3 Å². The van der Waals surface area contributed by atoms with E-state index in [-0.39, 0.29) is 0 Å². The number of aryl methyl sites for hydroxylation is 1. The summed E-state index contributed by atoms with van der Waals surface area (Å²) in [5.41, 5.74) is 2.22. The number of hydrogen-bond donors (Lipinski definition) is 1. The number of aromatic nitrogens is 2. The van der Waals surface area contributed by atoms with E-state index >= 15 is 0 Å². The molecule has 3 nitrogen and oxygen atoms in total. The fourth-order valence-corrected chi connectivity index (χ4v) is 3.37. The van der Waals surface area contributed by atoms with Gasteiger partial charge in [-0.25, -0.2) is 9.97 Å². The van der Waals surface area contributed by atoms with Crippen molar-refractivity contribution in [1.29, 1.82) is 0 Å². The minimum absolute atomic E-state index is 0.522. The van der Waals surface area contributed by atoms with Gasteiger partial charge in [-0.3, -0.25) is 0 Å². The van der Waals surface area contributed by atoms with Crippen LogP contribution < -0.4 is 5.32 Å². The van der Waals surface area contributed by atoms with Crippen molar-refractivity contribution in [3.63, 3.8) is 0 Å². The van der Waals surface area contributed by atoms with Crippen LogP contribution in [0.3, 0.4) is 0 Å². The first-order chi connectivity index (χ1) is 8.65. The normalized spacial score (nSPS) is 19.7. The van der Waals surface area contributed by atoms with Gasteiger partial charge < -0.3 is 5.32 Å². The van der Waals surface area contributed by atoms with Crippen LogP contribution in [-0.2, 0) is 6.54 Å². The molecule has 18 heavy (non-hydrogen) atoms. The van der Waals surface area contributed by atoms with Crippen LogP contribution in [0.4, 0.5) is 0 Å². The van der Waals surface area contributed by atoms with Gasteiger partial charge in [0.2, 0.25) is 0 Å². The molecule has 1 fully saturated rings. The molecular formula is C14H23N3S. The summed E-state index contributed by atoms with van der Waals surface area (Å²) in [6.07, 6.45) is 2.53. The molecule has 2 heterocycles. The second kappa shape index (κ2) is 6.53. The van der Waals surface area contributed by atoms with Gasteiger partial charge >= 0.3 is 0 Å². The summed E-state index contributed by atoms with van der Waals surface area (Å²) in [5, 5.41) is 3.97. The molecular weight excluding hydrogens is 242 g/mol. The molecule has 1 aromatic heterocycles. The lowest BCUT2D eigenvalue weighted by molar-refractivity contribution is 0.546. The predicted molar refractivity (Wildman–Crippen MR) is 77.7 cm³/mol. The van der Waals surface area contributed by atoms with Crippen molar-refractivity contribution in [3.05, 3.63) is 23.3 Å². The Balaban J connectivity index is 2.01. The average Bonchev–Trinajstić information content (AvgIpc) is 2.81. The number of rotatable bonds is 5. The minimum atomic E-state index is 0.522. The first kappa shape index (κ1) is 13.8. The minimum Gasteiger partial charge on any atom is -0.311 e. The van der Waals surface area contributed by atoms with Gasteiger partial charge in [0.25, 0.3) is 0 Å². The van der Waals surface area contributed by atoms with Crippen LogP contribution in [0.25, 0.3) is 0 Å². The smallest absolute Gasteiger partial charge is 0.141 e. The van der Waals surface area contributed by atoms with Gasteiger partial charge in [-0.2, -0.15) is 11.8 Å². The lowest BCUT2D eigenvalue weighted by Gasteiger charge is -2.11. The van der Waals surface area contributed by atoms with Crippen molar-refractivity contribution in [2.75, 3.05) is 12.3 Å². The largest absolute Gasteiger partial charge is 0.311 e. The molecule has 0 saturated carbocycles. The van der Waals surface area contributed by atoms with E-state index < -0.39 is 0 Å². The first-order valence-corrected chi connectivity index (χ1v) is 7.87. The lowest BCUT2D eigenvalue weighted by atomic mass is 10.2. The van der Waals surface area contributed by atoms with Crippen molar-refractivity contribution in [2.45, 2.75) is 45.4 Å². The molecule has 1 atom stereocenters. The van der Waals surface area contributed by atoms with E-state index in [1.807, 2.05) is 11.8 Å². The van der Waals surface area contributed by atoms with Crippen molar-refractivity contribution in [2.24, 2.45) is 5.92 Å². The van der Waals surface area contributed by atoms with Crippen LogP contribution >= 0.6 is 11.8 Å². The van der Waals surface area contributed by atoms with Crippen LogP contribution in [0, 0.1) is 12.8 Å². The van der Waals surface area contributed by atoms with Crippen LogP contribution in [0.15, 0.2) is 6.07 Å². The molecule has 1 aromatic rings. The van der Waals surface area contributed by atoms with E-state index in [1.165, 1.54) is 18.6 Å². The summed E-state index contributed by atoms with van der Waals surface area (Å²) in [4.78, 5) is 9.32. The lowest BCUT2D eigenvalue weighted by Crippen LogP contribution is -2.20. The molecule has 0 amide bonds. The van der Waals surface area contributed by atoms with Crippen LogP contribution in [0.5, 0.6) is 0 Å². The van der Waals surface area contributed by atoms with E-state index in [1.54, 1.807) is 0 Å². The van der Waals surface area contributed by atoms with Crippen molar-refractivity contribution in [1.82, 2.24) is 15.3 Å². The van der Waals surface area contributed by atoms with Crippen LogP contribution in [0.1, 0.15) is 49.2 Å². The molecule has 100 valence electrons. The predicted octanol–water partition coefficient (Wildman–Crippen LogP) is 3.10. The Hall–Kier alpha value is -0.610. The van der Waals surface area contributed by atoms with Crippen molar-refractivity contribution >= 4 is 11.8 Å². The van der Waals surface area contributed by atoms with E-state index in [2.05, 4.69) is 37.1 Å². The molecule has 2 rings (SSSR count). The third-order valence-electron chi connectivity index (χ3n) is 3.00. The molecule has 1 saturated heterocycles. The fraction of sp³-hybridized carbons (Fsp3) is 0.714. The Labute approximate surface area is 114 Å². The summed E-state index contributed by atoms with van der Waals surface area (Å²) in [5.74, 6) is 2.97. The molecule has 1 aliphatic heterocycles. The summed E-state index contributed by atoms with van der Waals surface area (Å²) in [6.45, 7) is 8.40. The van der Waals surface area contributed by atoms with Gasteiger partial charge in [0.1, 0.15) is 5.82 Å². The number of nitrogens with one attached hydrogen (secondary N) is 1. The zero-order valence-corrected chi connectivity index (χ0v) is 12.4. The van der Waals surface area contributed by atoms with E-state index in [9.17, 15) is 0 Å². The van der Waals surface area contributed by atoms with Crippen LogP contribution in [0.2, 0.25) is 0 Å². The fourth-order valence-electron chi connectivity index (χ4n) is 2.16. The van der Waals surface area contributed by atoms with Gasteiger partial charge in [0, 0.05) is 12.2 Å². The second-order valence-electron chi connectivity index (χ2n) is 5.39. The molecule has 0 radical (unpaired) electrons. The molecule has 4 heteroatoms. The topological polar surface area (TPSA) is 37.8 Å². The van der Waals surface area contributed by atoms with Gasteiger partial charge in [-0.05, 0) is 44.0 Å². The summed E-state index contributed by atoms with van der Waals surface area (Å²) in [7, 11) is 0. The molecule has 0 aromatic carbocycles. The monoisotopic (exact) mass is 265 g/mol. The zero-order chi connectivity index (χ0) is 13.0. The maximum absolute atomic E-state index is 4.72. The molecule has 1 unspecified atom stereocenters. The van der Waals surface area contributed by atoms with Crippen LogP contribution in [-0.4, -0.2) is 22.3 Å². The summed E-state index contributed by atoms with van der Waals surface area (Å²) >= 11 is 2.00. The first-order valence-electron chi connectivity index (χ1n) is 6.82. The highest BCUT2D eigenvalue weighted by Gasteiger charge is 2.20. The Kier molecular flexibility index (Phi) is 5.01.